The Morgan fingerprint density at radius 1 is 1.05 bits per heavy atom. The third-order valence-electron chi connectivity index (χ3n) is 2.81. The summed E-state index contributed by atoms with van der Waals surface area (Å²) in [6.07, 6.45) is 0. The molecule has 0 heterocycles. The molecule has 1 atom stereocenters. The van der Waals surface area contributed by atoms with Crippen molar-refractivity contribution in [2.75, 3.05) is 0 Å². The molecule has 4 nitrogen and oxygen atoms in total. The van der Waals surface area contributed by atoms with Crippen LogP contribution in [0.15, 0.2) is 59.5 Å². The van der Waals surface area contributed by atoms with Gasteiger partial charge < -0.3 is 4.18 Å². The molecule has 0 fully saturated rings. The molecule has 0 aromatic heterocycles. The normalized spacial score (nSPS) is 12.4. The molecule has 2 aromatic carbocycles. The number of rotatable bonds is 4. The Bertz CT molecular complexity index is 733. The van der Waals surface area contributed by atoms with Crippen LogP contribution in [0, 0.1) is 11.3 Å². The van der Waals surface area contributed by atoms with E-state index in [-0.39, 0.29) is 10.6 Å². The number of nitriles is 1. The summed E-state index contributed by atoms with van der Waals surface area (Å²) in [4.78, 5) is 0.0828. The average molecular weight is 287 g/mol. The number of para-hydroxylation sites is 1. The molecule has 20 heavy (non-hydrogen) atoms. The Labute approximate surface area is 118 Å². The van der Waals surface area contributed by atoms with E-state index in [0.717, 1.165) is 0 Å². The summed E-state index contributed by atoms with van der Waals surface area (Å²) in [5.41, 5.74) is 0.550. The molecular weight excluding hydrogens is 274 g/mol. The van der Waals surface area contributed by atoms with Crippen LogP contribution in [0.25, 0.3) is 0 Å². The fraction of sp³-hybridized carbons (Fsp3) is 0.133. The predicted octanol–water partition coefficient (Wildman–Crippen LogP) is 3.08. The topological polar surface area (TPSA) is 67.2 Å². The zero-order valence-corrected chi connectivity index (χ0v) is 11.7. The largest absolute Gasteiger partial charge is 0.379 e. The van der Waals surface area contributed by atoms with E-state index in [0.29, 0.717) is 5.56 Å². The molecule has 0 N–H and O–H groups in total. The van der Waals surface area contributed by atoms with Gasteiger partial charge in [-0.1, -0.05) is 36.4 Å². The van der Waals surface area contributed by atoms with Crippen LogP contribution >= 0.6 is 0 Å². The summed E-state index contributed by atoms with van der Waals surface area (Å²) in [5, 5.41) is 8.97. The molecule has 2 rings (SSSR count). The van der Waals surface area contributed by atoms with E-state index in [4.69, 9.17) is 9.44 Å². The minimum atomic E-state index is -3.89. The summed E-state index contributed by atoms with van der Waals surface area (Å²) in [5.74, 6) is -0.262. The molecule has 0 saturated carbocycles. The van der Waals surface area contributed by atoms with Gasteiger partial charge in [-0.05, 0) is 25.1 Å². The van der Waals surface area contributed by atoms with Crippen LogP contribution in [0.2, 0.25) is 0 Å². The zero-order chi connectivity index (χ0) is 14.6. The zero-order valence-electron chi connectivity index (χ0n) is 10.9. The van der Waals surface area contributed by atoms with Gasteiger partial charge in [-0.15, -0.1) is 0 Å². The number of nitrogens with zero attached hydrogens (tertiary/aromatic N) is 1. The average Bonchev–Trinajstić information content (AvgIpc) is 2.47. The molecular formula is C15H13NO3S. The lowest BCUT2D eigenvalue weighted by molar-refractivity contribution is 0.482. The van der Waals surface area contributed by atoms with Gasteiger partial charge in [0.1, 0.15) is 10.6 Å². The smallest absolute Gasteiger partial charge is 0.339 e. The standard InChI is InChI=1S/C15H13NO3S/c1-12(11-16)14-9-5-6-10-15(14)19-20(17,18)13-7-3-2-4-8-13/h2-10,12H,1H3. The van der Waals surface area contributed by atoms with Gasteiger partial charge in [0.15, 0.2) is 0 Å². The molecule has 102 valence electrons. The lowest BCUT2D eigenvalue weighted by Crippen LogP contribution is -2.11. The van der Waals surface area contributed by atoms with Crippen LogP contribution in [0.1, 0.15) is 18.4 Å². The first kappa shape index (κ1) is 14.1. The molecule has 0 radical (unpaired) electrons. The highest BCUT2D eigenvalue weighted by atomic mass is 32.2. The van der Waals surface area contributed by atoms with E-state index in [1.807, 2.05) is 0 Å². The second-order valence-electron chi connectivity index (χ2n) is 4.24. The Morgan fingerprint density at radius 2 is 1.65 bits per heavy atom. The van der Waals surface area contributed by atoms with Crippen LogP contribution in [-0.2, 0) is 10.1 Å². The molecule has 2 aromatic rings. The van der Waals surface area contributed by atoms with Crippen LogP contribution in [0.5, 0.6) is 5.75 Å². The van der Waals surface area contributed by atoms with Gasteiger partial charge in [0.05, 0.1) is 12.0 Å². The van der Waals surface area contributed by atoms with Gasteiger partial charge in [-0.3, -0.25) is 0 Å². The van der Waals surface area contributed by atoms with E-state index in [1.54, 1.807) is 49.4 Å². The summed E-state index contributed by atoms with van der Waals surface area (Å²) >= 11 is 0. The van der Waals surface area contributed by atoms with Crippen LogP contribution in [-0.4, -0.2) is 8.42 Å². The van der Waals surface area contributed by atoms with Crippen LogP contribution in [0.4, 0.5) is 0 Å². The van der Waals surface area contributed by atoms with E-state index >= 15 is 0 Å². The summed E-state index contributed by atoms with van der Waals surface area (Å²) in [7, 11) is -3.89. The molecule has 0 saturated heterocycles. The fourth-order valence-electron chi connectivity index (χ4n) is 1.74. The maximum atomic E-state index is 12.2. The maximum absolute atomic E-state index is 12.2. The van der Waals surface area contributed by atoms with E-state index in [9.17, 15) is 8.42 Å². The Hall–Kier alpha value is -2.32. The third kappa shape index (κ3) is 2.98. The van der Waals surface area contributed by atoms with Crippen LogP contribution in [0.3, 0.4) is 0 Å². The van der Waals surface area contributed by atoms with E-state index < -0.39 is 16.0 Å². The maximum Gasteiger partial charge on any atom is 0.339 e. The lowest BCUT2D eigenvalue weighted by Gasteiger charge is -2.12. The van der Waals surface area contributed by atoms with Crippen molar-refractivity contribution in [1.82, 2.24) is 0 Å². The SMILES string of the molecule is CC(C#N)c1ccccc1OS(=O)(=O)c1ccccc1. The molecule has 0 bridgehead atoms. The van der Waals surface area contributed by atoms with Crippen molar-refractivity contribution in [3.63, 3.8) is 0 Å². The van der Waals surface area contributed by atoms with Crippen molar-refractivity contribution >= 4 is 10.1 Å². The highest BCUT2D eigenvalue weighted by Gasteiger charge is 2.19. The van der Waals surface area contributed by atoms with Gasteiger partial charge in [0.2, 0.25) is 0 Å². The predicted molar refractivity (Wildman–Crippen MR) is 74.7 cm³/mol. The molecule has 0 amide bonds. The Kier molecular flexibility index (Phi) is 4.06. The van der Waals surface area contributed by atoms with Crippen molar-refractivity contribution in [2.24, 2.45) is 0 Å². The Morgan fingerprint density at radius 3 is 2.30 bits per heavy atom. The number of hydrogen-bond donors (Lipinski definition) is 0. The first-order valence-corrected chi connectivity index (χ1v) is 7.43. The summed E-state index contributed by atoms with van der Waals surface area (Å²) < 4.78 is 29.5. The molecule has 1 unspecified atom stereocenters. The van der Waals surface area contributed by atoms with Crippen molar-refractivity contribution in [3.8, 4) is 11.8 Å². The third-order valence-corrected chi connectivity index (χ3v) is 4.06. The van der Waals surface area contributed by atoms with Crippen LogP contribution < -0.4 is 4.18 Å². The fourth-order valence-corrected chi connectivity index (χ4v) is 2.71. The van der Waals surface area contributed by atoms with Crippen molar-refractivity contribution in [1.29, 1.82) is 5.26 Å². The quantitative estimate of drug-likeness (QED) is 0.810. The highest BCUT2D eigenvalue weighted by Crippen LogP contribution is 2.28. The molecule has 5 heteroatoms. The summed E-state index contributed by atoms with van der Waals surface area (Å²) in [6.45, 7) is 1.69. The lowest BCUT2D eigenvalue weighted by atomic mass is 10.0. The van der Waals surface area contributed by atoms with Crippen molar-refractivity contribution in [2.45, 2.75) is 17.7 Å². The first-order valence-electron chi connectivity index (χ1n) is 6.02. The molecule has 0 aliphatic carbocycles. The van der Waals surface area contributed by atoms with E-state index in [2.05, 4.69) is 6.07 Å². The van der Waals surface area contributed by atoms with Gasteiger partial charge in [0.25, 0.3) is 0 Å². The Balaban J connectivity index is 2.39. The second kappa shape index (κ2) is 5.76. The van der Waals surface area contributed by atoms with E-state index in [1.165, 1.54) is 12.1 Å². The monoisotopic (exact) mass is 287 g/mol. The van der Waals surface area contributed by atoms with Gasteiger partial charge >= 0.3 is 10.1 Å². The van der Waals surface area contributed by atoms with Crippen molar-refractivity contribution in [3.05, 3.63) is 60.2 Å². The summed E-state index contributed by atoms with van der Waals surface area (Å²) in [6, 6.07) is 16.6. The molecule has 0 aliphatic heterocycles. The highest BCUT2D eigenvalue weighted by molar-refractivity contribution is 7.87. The number of hydrogen-bond acceptors (Lipinski definition) is 4. The van der Waals surface area contributed by atoms with Gasteiger partial charge in [-0.25, -0.2) is 0 Å². The molecule has 0 aliphatic rings. The van der Waals surface area contributed by atoms with Gasteiger partial charge in [0, 0.05) is 5.56 Å². The van der Waals surface area contributed by atoms with Crippen molar-refractivity contribution < 1.29 is 12.6 Å². The number of benzene rings is 2. The molecule has 0 spiro atoms. The second-order valence-corrected chi connectivity index (χ2v) is 5.79. The first-order chi connectivity index (χ1) is 9.54. The van der Waals surface area contributed by atoms with Gasteiger partial charge in [-0.2, -0.15) is 13.7 Å². The minimum Gasteiger partial charge on any atom is -0.379 e. The minimum absolute atomic E-state index is 0.0828.